The number of aromatic carboxylic acids is 1. The van der Waals surface area contributed by atoms with Crippen LogP contribution in [0.15, 0.2) is 24.3 Å². The summed E-state index contributed by atoms with van der Waals surface area (Å²) in [5, 5.41) is 9.09. The quantitative estimate of drug-likeness (QED) is 0.598. The van der Waals surface area contributed by atoms with Gasteiger partial charge in [0.1, 0.15) is 0 Å². The predicted octanol–water partition coefficient (Wildman–Crippen LogP) is 5.07. The number of hydrogen-bond acceptors (Lipinski definition) is 1. The van der Waals surface area contributed by atoms with Crippen LogP contribution in [0.25, 0.3) is 0 Å². The molecule has 0 aliphatic heterocycles. The Morgan fingerprint density at radius 1 is 0.947 bits per heavy atom. The maximum atomic E-state index is 11.1. The Hall–Kier alpha value is -1.31. The first kappa shape index (κ1) is 15.7. The minimum atomic E-state index is -0.810. The maximum absolute atomic E-state index is 11.1. The second-order valence-electron chi connectivity index (χ2n) is 5.19. The first-order chi connectivity index (χ1) is 9.25. The van der Waals surface area contributed by atoms with Gasteiger partial charge in [0.05, 0.1) is 5.56 Å². The van der Waals surface area contributed by atoms with E-state index in [1.807, 2.05) is 12.1 Å². The zero-order valence-electron chi connectivity index (χ0n) is 12.0. The smallest absolute Gasteiger partial charge is 0.335 e. The third kappa shape index (κ3) is 6.42. The lowest BCUT2D eigenvalue weighted by Crippen LogP contribution is -2.02. The number of hydrogen-bond donors (Lipinski definition) is 1. The van der Waals surface area contributed by atoms with Gasteiger partial charge in [0.15, 0.2) is 0 Å². The molecule has 2 heteroatoms. The molecule has 1 N–H and O–H groups in total. The Labute approximate surface area is 116 Å². The molecule has 0 fully saturated rings. The van der Waals surface area contributed by atoms with E-state index in [0.29, 0.717) is 5.56 Å². The van der Waals surface area contributed by atoms with Gasteiger partial charge in [-0.25, -0.2) is 4.79 Å². The van der Waals surface area contributed by atoms with Gasteiger partial charge in [-0.1, -0.05) is 70.1 Å². The van der Waals surface area contributed by atoms with Gasteiger partial charge in [-0.05, 0) is 24.5 Å². The zero-order chi connectivity index (χ0) is 13.9. The maximum Gasteiger partial charge on any atom is 0.335 e. The van der Waals surface area contributed by atoms with Crippen molar-refractivity contribution in [2.45, 2.75) is 64.7 Å². The van der Waals surface area contributed by atoms with Crippen molar-refractivity contribution in [3.8, 4) is 0 Å². The largest absolute Gasteiger partial charge is 0.478 e. The van der Waals surface area contributed by atoms with E-state index in [2.05, 4.69) is 6.92 Å². The molecule has 0 atom stereocenters. The summed E-state index contributed by atoms with van der Waals surface area (Å²) in [7, 11) is 0. The Balaban J connectivity index is 2.17. The molecule has 0 unspecified atom stereocenters. The zero-order valence-corrected chi connectivity index (χ0v) is 12.0. The van der Waals surface area contributed by atoms with E-state index in [1.54, 1.807) is 12.1 Å². The second-order valence-corrected chi connectivity index (χ2v) is 5.19. The summed E-state index contributed by atoms with van der Waals surface area (Å²) >= 11 is 0. The Morgan fingerprint density at radius 2 is 1.53 bits per heavy atom. The number of carboxylic acids is 1. The molecule has 2 nitrogen and oxygen atoms in total. The van der Waals surface area contributed by atoms with Gasteiger partial charge in [-0.15, -0.1) is 0 Å². The number of carboxylic acid groups (broad SMARTS) is 1. The molecular weight excluding hydrogens is 236 g/mol. The van der Waals surface area contributed by atoms with Crippen LogP contribution >= 0.6 is 0 Å². The van der Waals surface area contributed by atoms with Crippen LogP contribution in [-0.4, -0.2) is 11.1 Å². The predicted molar refractivity (Wildman–Crippen MR) is 79.7 cm³/mol. The van der Waals surface area contributed by atoms with Crippen LogP contribution in [0.3, 0.4) is 0 Å². The van der Waals surface area contributed by atoms with Crippen molar-refractivity contribution in [3.05, 3.63) is 35.4 Å². The van der Waals surface area contributed by atoms with Gasteiger partial charge in [0.25, 0.3) is 0 Å². The minimum Gasteiger partial charge on any atom is -0.478 e. The molecule has 1 aromatic rings. The highest BCUT2D eigenvalue weighted by atomic mass is 16.4. The SMILES string of the molecule is CCCCCCCCCCc1ccccc1C(=O)O. The molecular formula is C17H26O2. The van der Waals surface area contributed by atoms with E-state index in [9.17, 15) is 4.79 Å². The fourth-order valence-electron chi connectivity index (χ4n) is 2.40. The van der Waals surface area contributed by atoms with Crippen molar-refractivity contribution >= 4 is 5.97 Å². The summed E-state index contributed by atoms with van der Waals surface area (Å²) in [6, 6.07) is 7.35. The monoisotopic (exact) mass is 262 g/mol. The number of rotatable bonds is 10. The molecule has 0 saturated heterocycles. The Bertz CT molecular complexity index is 371. The molecule has 19 heavy (non-hydrogen) atoms. The third-order valence-electron chi connectivity index (χ3n) is 3.55. The van der Waals surface area contributed by atoms with Gasteiger partial charge in [-0.3, -0.25) is 0 Å². The van der Waals surface area contributed by atoms with Crippen LogP contribution in [0.5, 0.6) is 0 Å². The summed E-state index contributed by atoms with van der Waals surface area (Å²) in [4.78, 5) is 11.1. The third-order valence-corrected chi connectivity index (χ3v) is 3.55. The van der Waals surface area contributed by atoms with Gasteiger partial charge in [0, 0.05) is 0 Å². The highest BCUT2D eigenvalue weighted by molar-refractivity contribution is 5.89. The summed E-state index contributed by atoms with van der Waals surface area (Å²) in [5.74, 6) is -0.810. The van der Waals surface area contributed by atoms with Crippen molar-refractivity contribution in [3.63, 3.8) is 0 Å². The Kier molecular flexibility index (Phi) is 7.95. The van der Waals surface area contributed by atoms with Crippen LogP contribution in [0.4, 0.5) is 0 Å². The summed E-state index contributed by atoms with van der Waals surface area (Å²) in [6.45, 7) is 2.24. The van der Waals surface area contributed by atoms with Gasteiger partial charge in [0.2, 0.25) is 0 Å². The van der Waals surface area contributed by atoms with Crippen molar-refractivity contribution in [1.82, 2.24) is 0 Å². The molecule has 1 aromatic carbocycles. The van der Waals surface area contributed by atoms with Gasteiger partial charge in [-0.2, -0.15) is 0 Å². The average Bonchev–Trinajstić information content (AvgIpc) is 2.42. The molecule has 0 heterocycles. The standard InChI is InChI=1S/C17H26O2/c1-2-3-4-5-6-7-8-9-12-15-13-10-11-14-16(15)17(18)19/h10-11,13-14H,2-9,12H2,1H3,(H,18,19). The van der Waals surface area contributed by atoms with Crippen LogP contribution in [0, 0.1) is 0 Å². The lowest BCUT2D eigenvalue weighted by molar-refractivity contribution is 0.0695. The van der Waals surface area contributed by atoms with Crippen molar-refractivity contribution in [2.75, 3.05) is 0 Å². The van der Waals surface area contributed by atoms with E-state index in [-0.39, 0.29) is 0 Å². The topological polar surface area (TPSA) is 37.3 Å². The van der Waals surface area contributed by atoms with E-state index >= 15 is 0 Å². The fraction of sp³-hybridized carbons (Fsp3) is 0.588. The molecule has 0 saturated carbocycles. The molecule has 0 radical (unpaired) electrons. The number of aryl methyl sites for hydroxylation is 1. The van der Waals surface area contributed by atoms with Gasteiger partial charge < -0.3 is 5.11 Å². The highest BCUT2D eigenvalue weighted by Gasteiger charge is 2.07. The first-order valence-electron chi connectivity index (χ1n) is 7.57. The molecule has 106 valence electrons. The molecule has 0 bridgehead atoms. The lowest BCUT2D eigenvalue weighted by atomic mass is 10.0. The van der Waals surface area contributed by atoms with Crippen LogP contribution < -0.4 is 0 Å². The van der Waals surface area contributed by atoms with Crippen molar-refractivity contribution in [1.29, 1.82) is 0 Å². The first-order valence-corrected chi connectivity index (χ1v) is 7.57. The van der Waals surface area contributed by atoms with Crippen molar-refractivity contribution in [2.24, 2.45) is 0 Å². The number of carbonyl (C=O) groups is 1. The number of benzene rings is 1. The van der Waals surface area contributed by atoms with E-state index < -0.39 is 5.97 Å². The minimum absolute atomic E-state index is 0.463. The summed E-state index contributed by atoms with van der Waals surface area (Å²) in [6.07, 6.45) is 11.1. The summed E-state index contributed by atoms with van der Waals surface area (Å²) < 4.78 is 0. The Morgan fingerprint density at radius 3 is 2.16 bits per heavy atom. The fourth-order valence-corrected chi connectivity index (χ4v) is 2.40. The molecule has 0 aromatic heterocycles. The average molecular weight is 262 g/mol. The van der Waals surface area contributed by atoms with E-state index in [1.165, 1.54) is 44.9 Å². The van der Waals surface area contributed by atoms with Crippen LogP contribution in [0.1, 0.15) is 74.2 Å². The second kappa shape index (κ2) is 9.60. The lowest BCUT2D eigenvalue weighted by Gasteiger charge is -2.05. The van der Waals surface area contributed by atoms with Gasteiger partial charge >= 0.3 is 5.97 Å². The van der Waals surface area contributed by atoms with Crippen molar-refractivity contribution < 1.29 is 9.90 Å². The molecule has 0 spiro atoms. The summed E-state index contributed by atoms with van der Waals surface area (Å²) in [5.41, 5.74) is 1.44. The number of unbranched alkanes of at least 4 members (excludes halogenated alkanes) is 7. The highest BCUT2D eigenvalue weighted by Crippen LogP contribution is 2.14. The molecule has 0 amide bonds. The molecule has 0 aliphatic carbocycles. The molecule has 0 aliphatic rings. The molecule has 1 rings (SSSR count). The van der Waals surface area contributed by atoms with Crippen LogP contribution in [0.2, 0.25) is 0 Å². The van der Waals surface area contributed by atoms with Crippen LogP contribution in [-0.2, 0) is 6.42 Å². The normalized spacial score (nSPS) is 10.6. The van der Waals surface area contributed by atoms with E-state index in [0.717, 1.165) is 18.4 Å². The van der Waals surface area contributed by atoms with E-state index in [4.69, 9.17) is 5.11 Å².